The van der Waals surface area contributed by atoms with Crippen LogP contribution in [-0.2, 0) is 11.3 Å². The van der Waals surface area contributed by atoms with Crippen molar-refractivity contribution in [3.8, 4) is 5.69 Å². The molecule has 32 heavy (non-hydrogen) atoms. The van der Waals surface area contributed by atoms with Crippen molar-refractivity contribution in [2.75, 3.05) is 0 Å². The van der Waals surface area contributed by atoms with Crippen LogP contribution in [0, 0.1) is 5.92 Å². The van der Waals surface area contributed by atoms with Gasteiger partial charge in [0.2, 0.25) is 5.91 Å². The van der Waals surface area contributed by atoms with Crippen molar-refractivity contribution in [2.45, 2.75) is 38.3 Å². The van der Waals surface area contributed by atoms with Crippen molar-refractivity contribution in [1.82, 2.24) is 24.6 Å². The predicted octanol–water partition coefficient (Wildman–Crippen LogP) is 3.63. The topological polar surface area (TPSA) is 81.8 Å². The van der Waals surface area contributed by atoms with Gasteiger partial charge in [-0.25, -0.2) is 9.67 Å². The standard InChI is InChI=1S/C25H25N5O2/c31-22(28-23(19-11-7-8-12-19)18-9-3-1-4-10-18)16-29-17-26-24-21(25(29)32)15-27-30(24)20-13-5-2-6-14-20/h1-6,9-10,13-15,17,19,23H,7-8,11-12,16H2,(H,28,31). The lowest BCUT2D eigenvalue weighted by molar-refractivity contribution is -0.122. The highest BCUT2D eigenvalue weighted by Crippen LogP contribution is 2.35. The summed E-state index contributed by atoms with van der Waals surface area (Å²) in [5.41, 5.74) is 2.14. The Kier molecular flexibility index (Phi) is 5.54. The molecule has 1 aliphatic carbocycles. The van der Waals surface area contributed by atoms with Crippen LogP contribution in [0.1, 0.15) is 37.3 Å². The zero-order valence-corrected chi connectivity index (χ0v) is 17.7. The summed E-state index contributed by atoms with van der Waals surface area (Å²) >= 11 is 0. The largest absolute Gasteiger partial charge is 0.347 e. The molecule has 1 fully saturated rings. The van der Waals surface area contributed by atoms with Crippen molar-refractivity contribution in [2.24, 2.45) is 5.92 Å². The van der Waals surface area contributed by atoms with E-state index >= 15 is 0 Å². The van der Waals surface area contributed by atoms with Crippen LogP contribution in [0.25, 0.3) is 16.7 Å². The molecule has 0 saturated heterocycles. The zero-order chi connectivity index (χ0) is 21.9. The third-order valence-corrected chi connectivity index (χ3v) is 6.22. The van der Waals surface area contributed by atoms with Gasteiger partial charge in [0, 0.05) is 0 Å². The molecule has 162 valence electrons. The van der Waals surface area contributed by atoms with Crippen LogP contribution >= 0.6 is 0 Å². The van der Waals surface area contributed by atoms with Gasteiger partial charge in [-0.2, -0.15) is 5.10 Å². The summed E-state index contributed by atoms with van der Waals surface area (Å²) in [7, 11) is 0. The van der Waals surface area contributed by atoms with Crippen LogP contribution in [-0.4, -0.2) is 25.2 Å². The van der Waals surface area contributed by atoms with Crippen LogP contribution < -0.4 is 10.9 Å². The maximum Gasteiger partial charge on any atom is 0.264 e. The first-order valence-corrected chi connectivity index (χ1v) is 11.0. The maximum absolute atomic E-state index is 13.0. The number of aromatic nitrogens is 4. The minimum absolute atomic E-state index is 0.0422. The van der Waals surface area contributed by atoms with Crippen molar-refractivity contribution in [3.63, 3.8) is 0 Å². The minimum Gasteiger partial charge on any atom is -0.347 e. The maximum atomic E-state index is 13.0. The summed E-state index contributed by atoms with van der Waals surface area (Å²) in [4.78, 5) is 30.4. The van der Waals surface area contributed by atoms with Crippen LogP contribution in [0.5, 0.6) is 0 Å². The molecule has 1 atom stereocenters. The van der Waals surface area contributed by atoms with Crippen LogP contribution in [0.15, 0.2) is 78.0 Å². The van der Waals surface area contributed by atoms with Crippen molar-refractivity contribution in [1.29, 1.82) is 0 Å². The van der Waals surface area contributed by atoms with E-state index in [0.29, 0.717) is 17.0 Å². The van der Waals surface area contributed by atoms with Gasteiger partial charge in [0.1, 0.15) is 18.3 Å². The summed E-state index contributed by atoms with van der Waals surface area (Å²) in [6.07, 6.45) is 7.53. The number of nitrogens with one attached hydrogen (secondary N) is 1. The summed E-state index contributed by atoms with van der Waals surface area (Å²) in [6, 6.07) is 19.6. The molecule has 1 unspecified atom stereocenters. The number of rotatable bonds is 6. The molecule has 1 N–H and O–H groups in total. The number of hydrogen-bond acceptors (Lipinski definition) is 4. The predicted molar refractivity (Wildman–Crippen MR) is 122 cm³/mol. The molecule has 2 heterocycles. The highest BCUT2D eigenvalue weighted by atomic mass is 16.2. The molecule has 1 aliphatic rings. The van der Waals surface area contributed by atoms with Gasteiger partial charge in [-0.05, 0) is 36.5 Å². The number of amides is 1. The quantitative estimate of drug-likeness (QED) is 0.509. The molecule has 5 rings (SSSR count). The highest BCUT2D eigenvalue weighted by molar-refractivity contribution is 5.78. The van der Waals surface area contributed by atoms with E-state index in [1.807, 2.05) is 48.5 Å². The number of para-hydroxylation sites is 1. The van der Waals surface area contributed by atoms with E-state index in [9.17, 15) is 9.59 Å². The molecule has 0 bridgehead atoms. The number of benzene rings is 2. The van der Waals surface area contributed by atoms with Crippen molar-refractivity contribution >= 4 is 16.9 Å². The van der Waals surface area contributed by atoms with Crippen molar-refractivity contribution in [3.05, 3.63) is 89.1 Å². The molecule has 7 heteroatoms. The molecular weight excluding hydrogens is 402 g/mol. The van der Waals surface area contributed by atoms with Gasteiger partial charge in [-0.1, -0.05) is 61.4 Å². The summed E-state index contributed by atoms with van der Waals surface area (Å²) in [6.45, 7) is -0.0751. The van der Waals surface area contributed by atoms with Gasteiger partial charge in [0.05, 0.1) is 17.9 Å². The molecule has 4 aromatic rings. The van der Waals surface area contributed by atoms with E-state index in [1.165, 1.54) is 29.9 Å². The Labute approximate surface area is 185 Å². The second-order valence-electron chi connectivity index (χ2n) is 8.31. The molecular formula is C25H25N5O2. The van der Waals surface area contributed by atoms with Crippen LogP contribution in [0.2, 0.25) is 0 Å². The molecule has 0 radical (unpaired) electrons. The zero-order valence-electron chi connectivity index (χ0n) is 17.7. The smallest absolute Gasteiger partial charge is 0.264 e. The molecule has 0 aliphatic heterocycles. The SMILES string of the molecule is O=C(Cn1cnc2c(cnn2-c2ccccc2)c1=O)NC(c1ccccc1)C1CCCC1. The van der Waals surface area contributed by atoms with Crippen molar-refractivity contribution < 1.29 is 4.79 Å². The lowest BCUT2D eigenvalue weighted by atomic mass is 9.91. The van der Waals surface area contributed by atoms with E-state index in [0.717, 1.165) is 24.1 Å². The fraction of sp³-hybridized carbons (Fsp3) is 0.280. The second kappa shape index (κ2) is 8.78. The Balaban J connectivity index is 1.38. The monoisotopic (exact) mass is 427 g/mol. The van der Waals surface area contributed by atoms with Gasteiger partial charge in [-0.3, -0.25) is 14.2 Å². The molecule has 1 saturated carbocycles. The molecule has 2 aromatic heterocycles. The van der Waals surface area contributed by atoms with Gasteiger partial charge in [0.15, 0.2) is 5.65 Å². The normalized spacial score (nSPS) is 15.1. The number of fused-ring (bicyclic) bond motifs is 1. The molecule has 0 spiro atoms. The first-order chi connectivity index (χ1) is 15.7. The molecule has 1 amide bonds. The Morgan fingerprint density at radius 3 is 2.44 bits per heavy atom. The van der Waals surface area contributed by atoms with Gasteiger partial charge < -0.3 is 5.32 Å². The van der Waals surface area contributed by atoms with Gasteiger partial charge in [0.25, 0.3) is 5.56 Å². The molecule has 7 nitrogen and oxygen atoms in total. The first-order valence-electron chi connectivity index (χ1n) is 11.0. The first kappa shape index (κ1) is 20.2. The number of nitrogens with zero attached hydrogens (tertiary/aromatic N) is 4. The van der Waals surface area contributed by atoms with E-state index in [2.05, 4.69) is 27.5 Å². The average Bonchev–Trinajstić information content (AvgIpc) is 3.51. The third-order valence-electron chi connectivity index (χ3n) is 6.22. The lowest BCUT2D eigenvalue weighted by Crippen LogP contribution is -2.37. The van der Waals surface area contributed by atoms with E-state index in [4.69, 9.17) is 0 Å². The van der Waals surface area contributed by atoms with Crippen LogP contribution in [0.3, 0.4) is 0 Å². The Hall–Kier alpha value is -3.74. The molecule has 2 aromatic carbocycles. The Morgan fingerprint density at radius 2 is 1.72 bits per heavy atom. The number of carbonyl (C=O) groups is 1. The Morgan fingerprint density at radius 1 is 1.03 bits per heavy atom. The van der Waals surface area contributed by atoms with E-state index in [1.54, 1.807) is 4.68 Å². The van der Waals surface area contributed by atoms with Gasteiger partial charge >= 0.3 is 0 Å². The van der Waals surface area contributed by atoms with Crippen LogP contribution in [0.4, 0.5) is 0 Å². The fourth-order valence-corrected chi connectivity index (χ4v) is 4.62. The Bertz CT molecular complexity index is 1270. The number of carbonyl (C=O) groups excluding carboxylic acids is 1. The highest BCUT2D eigenvalue weighted by Gasteiger charge is 2.27. The fourth-order valence-electron chi connectivity index (χ4n) is 4.62. The lowest BCUT2D eigenvalue weighted by Gasteiger charge is -2.25. The third kappa shape index (κ3) is 3.93. The van der Waals surface area contributed by atoms with E-state index < -0.39 is 0 Å². The van der Waals surface area contributed by atoms with Gasteiger partial charge in [-0.15, -0.1) is 0 Å². The average molecular weight is 428 g/mol. The summed E-state index contributed by atoms with van der Waals surface area (Å²) in [5.74, 6) is 0.229. The van der Waals surface area contributed by atoms with E-state index in [-0.39, 0.29) is 24.1 Å². The summed E-state index contributed by atoms with van der Waals surface area (Å²) in [5, 5.41) is 7.90. The number of hydrogen-bond donors (Lipinski definition) is 1. The second-order valence-corrected chi connectivity index (χ2v) is 8.31. The summed E-state index contributed by atoms with van der Waals surface area (Å²) < 4.78 is 2.98. The minimum atomic E-state index is -0.274.